The van der Waals surface area contributed by atoms with E-state index in [0.717, 1.165) is 19.3 Å². The van der Waals surface area contributed by atoms with Crippen LogP contribution >= 0.6 is 0 Å². The quantitative estimate of drug-likeness (QED) is 0.750. The number of hydrogen-bond acceptors (Lipinski definition) is 6. The summed E-state index contributed by atoms with van der Waals surface area (Å²) in [5.74, 6) is 0.0502. The summed E-state index contributed by atoms with van der Waals surface area (Å²) in [5, 5.41) is 12.1. The van der Waals surface area contributed by atoms with E-state index in [-0.39, 0.29) is 6.61 Å². The van der Waals surface area contributed by atoms with E-state index in [1.54, 1.807) is 31.4 Å². The van der Waals surface area contributed by atoms with E-state index in [2.05, 4.69) is 11.4 Å². The Bertz CT molecular complexity index is 660. The Morgan fingerprint density at radius 1 is 1.19 bits per heavy atom. The Morgan fingerprint density at radius 3 is 2.38 bits per heavy atom. The maximum absolute atomic E-state index is 12.3. The van der Waals surface area contributed by atoms with E-state index in [1.807, 2.05) is 0 Å². The molecule has 1 fully saturated rings. The van der Waals surface area contributed by atoms with Gasteiger partial charge in [-0.25, -0.2) is 4.79 Å². The highest BCUT2D eigenvalue weighted by atomic mass is 16.6. The molecule has 0 bridgehead atoms. The molecule has 1 N–H and O–H groups in total. The molecule has 0 heterocycles. The van der Waals surface area contributed by atoms with Gasteiger partial charge in [0.2, 0.25) is 0 Å². The van der Waals surface area contributed by atoms with E-state index < -0.39 is 23.5 Å². The molecule has 1 aliphatic carbocycles. The fraction of sp³-hybridized carbons (Fsp3) is 0.526. The highest BCUT2D eigenvalue weighted by Crippen LogP contribution is 2.27. The first-order valence-corrected chi connectivity index (χ1v) is 8.67. The van der Waals surface area contributed by atoms with Gasteiger partial charge in [0.05, 0.1) is 13.2 Å². The number of nitriles is 1. The summed E-state index contributed by atoms with van der Waals surface area (Å²) in [5.41, 5.74) is -0.852. The highest BCUT2D eigenvalue weighted by Gasteiger charge is 2.35. The molecule has 0 aromatic heterocycles. The molecule has 0 aliphatic heterocycles. The molecule has 1 aromatic carbocycles. The van der Waals surface area contributed by atoms with E-state index >= 15 is 0 Å². The molecule has 7 nitrogen and oxygen atoms in total. The van der Waals surface area contributed by atoms with Gasteiger partial charge in [-0.3, -0.25) is 4.79 Å². The summed E-state index contributed by atoms with van der Waals surface area (Å²) < 4.78 is 15.5. The number of nitrogens with one attached hydrogen (secondary N) is 1. The lowest BCUT2D eigenvalue weighted by Crippen LogP contribution is -2.52. The number of carbonyl (C=O) groups excluding carboxylic acids is 2. The number of nitrogens with zero attached hydrogens (tertiary/aromatic N) is 1. The molecule has 1 amide bonds. The lowest BCUT2D eigenvalue weighted by atomic mass is 9.83. The van der Waals surface area contributed by atoms with Crippen molar-refractivity contribution in [3.8, 4) is 17.6 Å². The number of hydrogen-bond donors (Lipinski definition) is 1. The predicted molar refractivity (Wildman–Crippen MR) is 93.6 cm³/mol. The largest absolute Gasteiger partial charge is 0.497 e. The predicted octanol–water partition coefficient (Wildman–Crippen LogP) is 2.35. The molecule has 0 unspecified atom stereocenters. The first kappa shape index (κ1) is 19.6. The summed E-state index contributed by atoms with van der Waals surface area (Å²) in [6.07, 6.45) is 3.11. The summed E-state index contributed by atoms with van der Waals surface area (Å²) in [6, 6.07) is 8.96. The minimum Gasteiger partial charge on any atom is -0.497 e. The monoisotopic (exact) mass is 360 g/mol. The summed E-state index contributed by atoms with van der Waals surface area (Å²) in [6.45, 7) is 1.17. The maximum atomic E-state index is 12.3. The first-order chi connectivity index (χ1) is 12.5. The van der Waals surface area contributed by atoms with Crippen molar-refractivity contribution in [2.45, 2.75) is 50.7 Å². The molecule has 140 valence electrons. The number of esters is 1. The van der Waals surface area contributed by atoms with Crippen LogP contribution in [0.1, 0.15) is 39.0 Å². The van der Waals surface area contributed by atoms with Gasteiger partial charge in [-0.15, -0.1) is 0 Å². The van der Waals surface area contributed by atoms with Crippen LogP contribution < -0.4 is 14.8 Å². The van der Waals surface area contributed by atoms with Gasteiger partial charge in [-0.2, -0.15) is 5.26 Å². The van der Waals surface area contributed by atoms with Gasteiger partial charge in [-0.1, -0.05) is 19.3 Å². The van der Waals surface area contributed by atoms with Crippen molar-refractivity contribution in [1.82, 2.24) is 5.32 Å². The van der Waals surface area contributed by atoms with Crippen molar-refractivity contribution in [3.05, 3.63) is 24.3 Å². The molecule has 1 aromatic rings. The van der Waals surface area contributed by atoms with Crippen molar-refractivity contribution in [2.75, 3.05) is 13.7 Å². The third-order valence-corrected chi connectivity index (χ3v) is 4.38. The van der Waals surface area contributed by atoms with E-state index in [9.17, 15) is 14.9 Å². The second-order valence-corrected chi connectivity index (χ2v) is 6.34. The van der Waals surface area contributed by atoms with Crippen LogP contribution in [0.3, 0.4) is 0 Å². The second kappa shape index (κ2) is 9.09. The minimum absolute atomic E-state index is 0.312. The molecule has 2 rings (SSSR count). The maximum Gasteiger partial charge on any atom is 0.344 e. The van der Waals surface area contributed by atoms with Gasteiger partial charge >= 0.3 is 5.97 Å². The zero-order chi connectivity index (χ0) is 19.0. The zero-order valence-electron chi connectivity index (χ0n) is 15.1. The van der Waals surface area contributed by atoms with Crippen molar-refractivity contribution in [3.63, 3.8) is 0 Å². The zero-order valence-corrected chi connectivity index (χ0v) is 15.1. The van der Waals surface area contributed by atoms with Crippen LogP contribution in [-0.2, 0) is 14.3 Å². The number of benzene rings is 1. The lowest BCUT2D eigenvalue weighted by Gasteiger charge is -2.32. The van der Waals surface area contributed by atoms with Crippen LogP contribution in [0, 0.1) is 11.3 Å². The Kier molecular flexibility index (Phi) is 6.84. The number of carbonyl (C=O) groups is 2. The standard InChI is InChI=1S/C19H24N2O5/c1-14(18(23)21-19(13-20)10-4-3-5-11-19)26-17(22)12-25-16-8-6-15(24-2)7-9-16/h6-9,14H,3-5,10-12H2,1-2H3,(H,21,23)/t14-/m0/s1. The lowest BCUT2D eigenvalue weighted by molar-refractivity contribution is -0.157. The average Bonchev–Trinajstić information content (AvgIpc) is 2.67. The van der Waals surface area contributed by atoms with Crippen LogP contribution in [0.4, 0.5) is 0 Å². The van der Waals surface area contributed by atoms with Gasteiger partial charge in [0, 0.05) is 0 Å². The van der Waals surface area contributed by atoms with E-state index in [0.29, 0.717) is 24.3 Å². The van der Waals surface area contributed by atoms with Crippen LogP contribution in [0.5, 0.6) is 11.5 Å². The summed E-state index contributed by atoms with van der Waals surface area (Å²) in [4.78, 5) is 24.1. The van der Waals surface area contributed by atoms with Crippen molar-refractivity contribution in [2.24, 2.45) is 0 Å². The van der Waals surface area contributed by atoms with Gasteiger partial charge in [0.25, 0.3) is 5.91 Å². The molecule has 0 radical (unpaired) electrons. The highest BCUT2D eigenvalue weighted by molar-refractivity contribution is 5.84. The SMILES string of the molecule is COc1ccc(OCC(=O)O[C@@H](C)C(=O)NC2(C#N)CCCCC2)cc1. The molecule has 1 aliphatic rings. The topological polar surface area (TPSA) is 97.7 Å². The van der Waals surface area contributed by atoms with Crippen LogP contribution in [0.25, 0.3) is 0 Å². The van der Waals surface area contributed by atoms with Crippen molar-refractivity contribution >= 4 is 11.9 Å². The Labute approximate surface area is 153 Å². The fourth-order valence-electron chi connectivity index (χ4n) is 2.86. The Morgan fingerprint density at radius 2 is 1.81 bits per heavy atom. The third-order valence-electron chi connectivity index (χ3n) is 4.38. The molecular formula is C19H24N2O5. The van der Waals surface area contributed by atoms with E-state index in [1.165, 1.54) is 6.92 Å². The summed E-state index contributed by atoms with van der Waals surface area (Å²) >= 11 is 0. The number of rotatable bonds is 7. The van der Waals surface area contributed by atoms with Crippen molar-refractivity contribution < 1.29 is 23.8 Å². The third kappa shape index (κ3) is 5.38. The molecule has 26 heavy (non-hydrogen) atoms. The van der Waals surface area contributed by atoms with Crippen LogP contribution in [-0.4, -0.2) is 37.2 Å². The van der Waals surface area contributed by atoms with E-state index in [4.69, 9.17) is 14.2 Å². The Balaban J connectivity index is 1.79. The minimum atomic E-state index is -0.992. The van der Waals surface area contributed by atoms with Gasteiger partial charge in [-0.05, 0) is 44.0 Å². The number of methoxy groups -OCH3 is 1. The average molecular weight is 360 g/mol. The molecule has 7 heteroatoms. The molecular weight excluding hydrogens is 336 g/mol. The molecule has 0 saturated heterocycles. The van der Waals surface area contributed by atoms with Gasteiger partial charge in [0.1, 0.15) is 17.0 Å². The van der Waals surface area contributed by atoms with Gasteiger partial charge < -0.3 is 19.5 Å². The second-order valence-electron chi connectivity index (χ2n) is 6.34. The van der Waals surface area contributed by atoms with Crippen molar-refractivity contribution in [1.29, 1.82) is 5.26 Å². The Hall–Kier alpha value is -2.75. The molecule has 0 spiro atoms. The fourth-order valence-corrected chi connectivity index (χ4v) is 2.86. The summed E-state index contributed by atoms with van der Waals surface area (Å²) in [7, 11) is 1.56. The number of ether oxygens (including phenoxy) is 3. The number of amides is 1. The van der Waals surface area contributed by atoms with Gasteiger partial charge in [0.15, 0.2) is 12.7 Å². The molecule has 1 saturated carbocycles. The van der Waals surface area contributed by atoms with Crippen LogP contribution in [0.2, 0.25) is 0 Å². The normalized spacial score (nSPS) is 16.7. The smallest absolute Gasteiger partial charge is 0.344 e. The first-order valence-electron chi connectivity index (χ1n) is 8.67. The molecule has 1 atom stereocenters. The van der Waals surface area contributed by atoms with Crippen LogP contribution in [0.15, 0.2) is 24.3 Å².